The Kier molecular flexibility index (Phi) is 3.55. The predicted octanol–water partition coefficient (Wildman–Crippen LogP) is 1.87. The van der Waals surface area contributed by atoms with Crippen LogP contribution < -0.4 is 0 Å². The summed E-state index contributed by atoms with van der Waals surface area (Å²) in [6.07, 6.45) is 1.52. The lowest BCUT2D eigenvalue weighted by Crippen LogP contribution is -2.69. The van der Waals surface area contributed by atoms with Crippen molar-refractivity contribution in [1.29, 1.82) is 0 Å². The third-order valence-corrected chi connectivity index (χ3v) is 8.67. The van der Waals surface area contributed by atoms with E-state index in [0.717, 1.165) is 5.57 Å². The molecule has 0 saturated heterocycles. The molecule has 7 atom stereocenters. The van der Waals surface area contributed by atoms with E-state index in [2.05, 4.69) is 0 Å². The number of aliphatic hydroxyl groups is 3. The Labute approximate surface area is 161 Å². The minimum atomic E-state index is -3.21. The molecule has 3 N–H and O–H groups in total. The molecule has 0 aromatic rings. The van der Waals surface area contributed by atoms with Gasteiger partial charge in [0.15, 0.2) is 11.6 Å². The van der Waals surface area contributed by atoms with Gasteiger partial charge in [-0.1, -0.05) is 19.4 Å². The van der Waals surface area contributed by atoms with E-state index in [1.807, 2.05) is 0 Å². The molecule has 0 aliphatic heterocycles. The number of alkyl halides is 1. The Hall–Kier alpha value is -1.11. The number of halogens is 1. The maximum Gasteiger partial charge on any atom is 0.190 e. The molecule has 0 bridgehead atoms. The summed E-state index contributed by atoms with van der Waals surface area (Å²) < 4.78 is 31.7. The molecular weight excluding hydrogens is 351 g/mol. The topological polar surface area (TPSA) is 94.8 Å². The fraction of sp³-hybridized carbons (Fsp3) is 0.810. The largest absolute Gasteiger partial charge is 0.390 e. The van der Waals surface area contributed by atoms with Crippen LogP contribution >= 0.6 is 0 Å². The fourth-order valence-corrected chi connectivity index (χ4v) is 7.04. The lowest BCUT2D eigenvalue weighted by Gasteiger charge is -2.63. The van der Waals surface area contributed by atoms with E-state index >= 15 is 4.39 Å². The summed E-state index contributed by atoms with van der Waals surface area (Å²) in [5.74, 6) is -2.42. The van der Waals surface area contributed by atoms with Crippen molar-refractivity contribution in [2.24, 2.45) is 22.7 Å². The molecule has 0 aromatic carbocycles. The van der Waals surface area contributed by atoms with E-state index in [1.165, 1.54) is 6.08 Å². The van der Waals surface area contributed by atoms with Crippen molar-refractivity contribution in [1.82, 2.24) is 0 Å². The second kappa shape index (κ2) is 5.71. The Morgan fingerprint density at radius 1 is 1.30 bits per heavy atom. The lowest BCUT2D eigenvalue weighted by molar-refractivity contribution is -0.226. The van der Waals surface area contributed by atoms with Crippen LogP contribution in [0.1, 0.15) is 61.5 Å². The van der Waals surface area contributed by atoms with Crippen molar-refractivity contribution in [2.75, 3.05) is 6.56 Å². The van der Waals surface area contributed by atoms with Crippen LogP contribution in [0.4, 0.5) is 4.39 Å². The first kappa shape index (κ1) is 16.8. The van der Waals surface area contributed by atoms with Crippen LogP contribution in [0.2, 0.25) is 0 Å². The van der Waals surface area contributed by atoms with Gasteiger partial charge in [-0.3, -0.25) is 9.59 Å². The van der Waals surface area contributed by atoms with Crippen molar-refractivity contribution < 1.29 is 32.0 Å². The Balaban J connectivity index is 1.79. The van der Waals surface area contributed by atoms with Crippen LogP contribution in [0.3, 0.4) is 0 Å². The first-order valence-corrected chi connectivity index (χ1v) is 9.82. The highest BCUT2D eigenvalue weighted by molar-refractivity contribution is 5.92. The highest BCUT2D eigenvalue weighted by Crippen LogP contribution is 2.70. The van der Waals surface area contributed by atoms with Gasteiger partial charge < -0.3 is 15.3 Å². The molecule has 150 valence electrons. The quantitative estimate of drug-likeness (QED) is 0.678. The monoisotopic (exact) mass is 382 g/mol. The van der Waals surface area contributed by atoms with Gasteiger partial charge in [-0.25, -0.2) is 4.39 Å². The summed E-state index contributed by atoms with van der Waals surface area (Å²) >= 11 is 0. The molecule has 0 radical (unpaired) electrons. The standard InChI is InChI=1S/C21H29FO5/c1-18-7-5-13(24)9-12(18)3-4-15-14-6-8-20(27,17(26)11-23)19(14,2)10-16(25)21(15,18)22/h9,14-16,23,25,27H,3-8,10-11H2,1-2H3/t14-,15-,16-,18-,19-,20-,21-/m0/s1/i11D2. The Morgan fingerprint density at radius 3 is 2.67 bits per heavy atom. The second-order valence-electron chi connectivity index (χ2n) is 9.46. The number of hydrogen-bond acceptors (Lipinski definition) is 5. The third-order valence-electron chi connectivity index (χ3n) is 8.67. The predicted molar refractivity (Wildman–Crippen MR) is 95.5 cm³/mol. The average molecular weight is 382 g/mol. The fourth-order valence-electron chi connectivity index (χ4n) is 7.04. The van der Waals surface area contributed by atoms with Gasteiger partial charge in [-0.05, 0) is 50.5 Å². The molecule has 3 fully saturated rings. The number of carbonyl (C=O) groups is 2. The summed E-state index contributed by atoms with van der Waals surface area (Å²) in [4.78, 5) is 24.5. The molecule has 0 spiro atoms. The molecule has 0 aromatic heterocycles. The summed E-state index contributed by atoms with van der Waals surface area (Å²) in [6.45, 7) is 0.164. The molecule has 3 saturated carbocycles. The highest BCUT2D eigenvalue weighted by Gasteiger charge is 2.74. The number of rotatable bonds is 2. The normalized spacial score (nSPS) is 53.5. The maximum atomic E-state index is 16.9. The molecule has 0 heterocycles. The summed E-state index contributed by atoms with van der Waals surface area (Å²) in [5, 5.41) is 32.0. The van der Waals surface area contributed by atoms with E-state index in [1.54, 1.807) is 13.8 Å². The van der Waals surface area contributed by atoms with E-state index < -0.39 is 52.4 Å². The highest BCUT2D eigenvalue weighted by atomic mass is 19.1. The maximum absolute atomic E-state index is 16.9. The zero-order valence-electron chi connectivity index (χ0n) is 17.8. The SMILES string of the molecule is [2H]C([2H])(O)C(=O)[C@@]1(O)CC[C@H]2[C@@H]3CCC4=CC(=O)CC[C@]4(C)[C@@]3(F)[C@@H](O)C[C@@]21C. The molecule has 4 aliphatic carbocycles. The van der Waals surface area contributed by atoms with Crippen LogP contribution in [-0.4, -0.2) is 50.8 Å². The van der Waals surface area contributed by atoms with Gasteiger partial charge in [-0.15, -0.1) is 0 Å². The van der Waals surface area contributed by atoms with E-state index in [9.17, 15) is 24.9 Å². The first-order valence-electron chi connectivity index (χ1n) is 10.8. The number of hydrogen-bond donors (Lipinski definition) is 3. The van der Waals surface area contributed by atoms with Crippen molar-refractivity contribution in [3.8, 4) is 0 Å². The van der Waals surface area contributed by atoms with Crippen molar-refractivity contribution in [3.05, 3.63) is 11.6 Å². The zero-order valence-corrected chi connectivity index (χ0v) is 15.8. The molecular formula is C21H29FO5. The number of allylic oxidation sites excluding steroid dienone is 1. The number of aliphatic hydroxyl groups excluding tert-OH is 1. The van der Waals surface area contributed by atoms with Crippen molar-refractivity contribution in [3.63, 3.8) is 0 Å². The third kappa shape index (κ3) is 2.10. The van der Waals surface area contributed by atoms with Crippen LogP contribution in [0.25, 0.3) is 0 Å². The molecule has 4 aliphatic rings. The minimum Gasteiger partial charge on any atom is -0.390 e. The van der Waals surface area contributed by atoms with Gasteiger partial charge in [0.05, 0.1) is 8.85 Å². The van der Waals surface area contributed by atoms with Gasteiger partial charge in [0.1, 0.15) is 17.8 Å². The number of carbonyl (C=O) groups excluding carboxylic acids is 2. The molecule has 0 amide bonds. The first-order chi connectivity index (χ1) is 13.2. The van der Waals surface area contributed by atoms with Gasteiger partial charge in [0, 0.05) is 23.2 Å². The van der Waals surface area contributed by atoms with Crippen molar-refractivity contribution in [2.45, 2.75) is 76.2 Å². The van der Waals surface area contributed by atoms with Gasteiger partial charge >= 0.3 is 0 Å². The Morgan fingerprint density at radius 2 is 2.00 bits per heavy atom. The van der Waals surface area contributed by atoms with Crippen molar-refractivity contribution >= 4 is 11.6 Å². The number of fused-ring (bicyclic) bond motifs is 5. The van der Waals surface area contributed by atoms with E-state index in [4.69, 9.17) is 2.74 Å². The van der Waals surface area contributed by atoms with Crippen LogP contribution in [-0.2, 0) is 9.59 Å². The molecule has 4 rings (SSSR count). The van der Waals surface area contributed by atoms with E-state index in [-0.39, 0.29) is 25.0 Å². The molecule has 0 unspecified atom stereocenters. The number of ketones is 2. The summed E-state index contributed by atoms with van der Waals surface area (Å²) in [7, 11) is 0. The summed E-state index contributed by atoms with van der Waals surface area (Å²) in [5.41, 5.74) is -5.67. The molecule has 27 heavy (non-hydrogen) atoms. The van der Waals surface area contributed by atoms with E-state index in [0.29, 0.717) is 25.7 Å². The minimum absolute atomic E-state index is 0.0272. The number of Topliss-reactive ketones (excluding diaryl/α,β-unsaturated/α-hetero) is 1. The van der Waals surface area contributed by atoms with Crippen LogP contribution in [0, 0.1) is 22.7 Å². The van der Waals surface area contributed by atoms with Gasteiger partial charge in [0.25, 0.3) is 0 Å². The smallest absolute Gasteiger partial charge is 0.190 e. The Bertz CT molecular complexity index is 809. The zero-order chi connectivity index (χ0) is 21.6. The molecule has 5 nitrogen and oxygen atoms in total. The van der Waals surface area contributed by atoms with Crippen LogP contribution in [0.15, 0.2) is 11.6 Å². The summed E-state index contributed by atoms with van der Waals surface area (Å²) in [6, 6.07) is 0. The van der Waals surface area contributed by atoms with Gasteiger partial charge in [-0.2, -0.15) is 0 Å². The van der Waals surface area contributed by atoms with Crippen LogP contribution in [0.5, 0.6) is 0 Å². The lowest BCUT2D eigenvalue weighted by atomic mass is 9.44. The average Bonchev–Trinajstić information content (AvgIpc) is 2.88. The molecule has 6 heteroatoms. The van der Waals surface area contributed by atoms with Gasteiger partial charge in [0.2, 0.25) is 0 Å². The second-order valence-corrected chi connectivity index (χ2v) is 9.46.